The number of hydrogen-bond acceptors (Lipinski definition) is 4. The van der Waals surface area contributed by atoms with Crippen LogP contribution < -0.4 is 0 Å². The molecule has 0 bridgehead atoms. The van der Waals surface area contributed by atoms with Crippen molar-refractivity contribution in [2.45, 2.75) is 26.2 Å². The van der Waals surface area contributed by atoms with Crippen LogP contribution in [0.2, 0.25) is 0 Å². The summed E-state index contributed by atoms with van der Waals surface area (Å²) >= 11 is 0. The van der Waals surface area contributed by atoms with Crippen molar-refractivity contribution in [1.82, 2.24) is 10.2 Å². The molecule has 0 amide bonds. The lowest BCUT2D eigenvalue weighted by Gasteiger charge is -2.01. The Kier molecular flexibility index (Phi) is 2.42. The molecule has 0 saturated carbocycles. The Labute approximate surface area is 69.4 Å². The van der Waals surface area contributed by atoms with Crippen LogP contribution in [0, 0.1) is 6.92 Å². The van der Waals surface area contributed by atoms with E-state index in [1.54, 1.807) is 13.8 Å². The summed E-state index contributed by atoms with van der Waals surface area (Å²) in [6.45, 7) is 3.39. The lowest BCUT2D eigenvalue weighted by molar-refractivity contribution is -0.139. The molecular formula is C7H10N2O3. The predicted octanol–water partition coefficient (Wildman–Crippen LogP) is 0.956. The fourth-order valence-electron chi connectivity index (χ4n) is 0.908. The molecule has 0 fully saturated rings. The molecule has 1 rings (SSSR count). The zero-order valence-corrected chi connectivity index (χ0v) is 6.94. The molecule has 12 heavy (non-hydrogen) atoms. The van der Waals surface area contributed by atoms with Gasteiger partial charge in [0.15, 0.2) is 0 Å². The first-order valence-corrected chi connectivity index (χ1v) is 3.68. The van der Waals surface area contributed by atoms with E-state index in [0.29, 0.717) is 12.3 Å². The number of hydrogen-bond donors (Lipinski definition) is 1. The van der Waals surface area contributed by atoms with Crippen molar-refractivity contribution in [2.24, 2.45) is 0 Å². The first kappa shape index (κ1) is 8.70. The minimum Gasteiger partial charge on any atom is -0.481 e. The summed E-state index contributed by atoms with van der Waals surface area (Å²) in [6, 6.07) is 0. The number of aryl methyl sites for hydroxylation is 1. The van der Waals surface area contributed by atoms with Gasteiger partial charge in [-0.2, -0.15) is 0 Å². The topological polar surface area (TPSA) is 76.2 Å². The second kappa shape index (κ2) is 3.34. The van der Waals surface area contributed by atoms with Crippen molar-refractivity contribution in [3.8, 4) is 0 Å². The third-order valence-corrected chi connectivity index (χ3v) is 1.55. The molecule has 1 N–H and O–H groups in total. The van der Waals surface area contributed by atoms with Gasteiger partial charge in [-0.15, -0.1) is 10.2 Å². The van der Waals surface area contributed by atoms with E-state index in [1.807, 2.05) is 0 Å². The number of carbonyl (C=O) groups is 1. The molecule has 0 spiro atoms. The highest BCUT2D eigenvalue weighted by Gasteiger charge is 2.23. The average molecular weight is 170 g/mol. The summed E-state index contributed by atoms with van der Waals surface area (Å²) in [5.41, 5.74) is 0. The molecule has 66 valence electrons. The van der Waals surface area contributed by atoms with Crippen LogP contribution in [0.5, 0.6) is 0 Å². The van der Waals surface area contributed by atoms with E-state index in [9.17, 15) is 4.79 Å². The Hall–Kier alpha value is -1.39. The quantitative estimate of drug-likeness (QED) is 0.730. The number of carboxylic acid groups (broad SMARTS) is 1. The van der Waals surface area contributed by atoms with Gasteiger partial charge >= 0.3 is 5.97 Å². The second-order valence-electron chi connectivity index (χ2n) is 2.46. The zero-order valence-electron chi connectivity index (χ0n) is 6.94. The van der Waals surface area contributed by atoms with E-state index in [0.717, 1.165) is 0 Å². The zero-order chi connectivity index (χ0) is 9.14. The van der Waals surface area contributed by atoms with Gasteiger partial charge in [0.2, 0.25) is 11.8 Å². The minimum absolute atomic E-state index is 0.183. The van der Waals surface area contributed by atoms with Crippen LogP contribution in [0.3, 0.4) is 0 Å². The summed E-state index contributed by atoms with van der Waals surface area (Å²) in [5.74, 6) is -1.03. The van der Waals surface area contributed by atoms with Gasteiger partial charge in [0.1, 0.15) is 5.92 Å². The molecule has 1 heterocycles. The van der Waals surface area contributed by atoms with Crippen molar-refractivity contribution in [3.63, 3.8) is 0 Å². The van der Waals surface area contributed by atoms with E-state index in [2.05, 4.69) is 10.2 Å². The fourth-order valence-corrected chi connectivity index (χ4v) is 0.908. The Morgan fingerprint density at radius 1 is 1.67 bits per heavy atom. The number of aliphatic carboxylic acids is 1. The van der Waals surface area contributed by atoms with Crippen LogP contribution in [-0.2, 0) is 4.79 Å². The first-order valence-electron chi connectivity index (χ1n) is 3.68. The number of rotatable bonds is 3. The van der Waals surface area contributed by atoms with Crippen LogP contribution in [0.4, 0.5) is 0 Å². The second-order valence-corrected chi connectivity index (χ2v) is 2.46. The summed E-state index contributed by atoms with van der Waals surface area (Å²) in [5, 5.41) is 15.9. The molecule has 1 aromatic rings. The summed E-state index contributed by atoms with van der Waals surface area (Å²) in [7, 11) is 0. The third kappa shape index (κ3) is 1.61. The van der Waals surface area contributed by atoms with Gasteiger partial charge in [0.05, 0.1) is 0 Å². The molecule has 0 aliphatic carbocycles. The molecule has 1 atom stereocenters. The molecule has 0 saturated heterocycles. The molecule has 0 aliphatic rings. The monoisotopic (exact) mass is 170 g/mol. The molecule has 0 radical (unpaired) electrons. The predicted molar refractivity (Wildman–Crippen MR) is 39.7 cm³/mol. The largest absolute Gasteiger partial charge is 0.481 e. The molecule has 0 aromatic carbocycles. The molecule has 0 aliphatic heterocycles. The molecular weight excluding hydrogens is 160 g/mol. The van der Waals surface area contributed by atoms with E-state index in [4.69, 9.17) is 9.52 Å². The Morgan fingerprint density at radius 2 is 2.33 bits per heavy atom. The van der Waals surface area contributed by atoms with Crippen LogP contribution in [0.1, 0.15) is 31.0 Å². The van der Waals surface area contributed by atoms with Crippen LogP contribution >= 0.6 is 0 Å². The highest BCUT2D eigenvalue weighted by atomic mass is 16.4. The Balaban J connectivity index is 2.87. The van der Waals surface area contributed by atoms with Crippen molar-refractivity contribution < 1.29 is 14.3 Å². The normalized spacial score (nSPS) is 12.8. The lowest BCUT2D eigenvalue weighted by Crippen LogP contribution is -2.10. The van der Waals surface area contributed by atoms with Crippen LogP contribution in [0.15, 0.2) is 4.42 Å². The van der Waals surface area contributed by atoms with Crippen LogP contribution in [-0.4, -0.2) is 21.3 Å². The third-order valence-electron chi connectivity index (χ3n) is 1.55. The lowest BCUT2D eigenvalue weighted by atomic mass is 10.1. The maximum atomic E-state index is 10.6. The highest BCUT2D eigenvalue weighted by Crippen LogP contribution is 2.17. The van der Waals surface area contributed by atoms with Gasteiger partial charge in [-0.05, 0) is 6.42 Å². The van der Waals surface area contributed by atoms with Gasteiger partial charge in [-0.25, -0.2) is 0 Å². The average Bonchev–Trinajstić information content (AvgIpc) is 2.37. The van der Waals surface area contributed by atoms with Gasteiger partial charge in [-0.3, -0.25) is 4.79 Å². The summed E-state index contributed by atoms with van der Waals surface area (Å²) in [4.78, 5) is 10.6. The Bertz CT molecular complexity index is 282. The van der Waals surface area contributed by atoms with Gasteiger partial charge in [0.25, 0.3) is 0 Å². The maximum Gasteiger partial charge on any atom is 0.316 e. The standard InChI is InChI=1S/C7H10N2O3/c1-3-5(7(10)11)6-9-8-4(2)12-6/h5H,3H2,1-2H3,(H,10,11). The van der Waals surface area contributed by atoms with Gasteiger partial charge < -0.3 is 9.52 Å². The number of carboxylic acids is 1. The van der Waals surface area contributed by atoms with E-state index in [-0.39, 0.29) is 5.89 Å². The number of aromatic nitrogens is 2. The van der Waals surface area contributed by atoms with Crippen LogP contribution in [0.25, 0.3) is 0 Å². The van der Waals surface area contributed by atoms with E-state index < -0.39 is 11.9 Å². The van der Waals surface area contributed by atoms with E-state index >= 15 is 0 Å². The smallest absolute Gasteiger partial charge is 0.316 e. The molecule has 5 heteroatoms. The Morgan fingerprint density at radius 3 is 2.67 bits per heavy atom. The molecule has 1 unspecified atom stereocenters. The minimum atomic E-state index is -0.929. The maximum absolute atomic E-state index is 10.6. The fraction of sp³-hybridized carbons (Fsp3) is 0.571. The van der Waals surface area contributed by atoms with E-state index in [1.165, 1.54) is 0 Å². The van der Waals surface area contributed by atoms with Crippen molar-refractivity contribution >= 4 is 5.97 Å². The molecule has 1 aromatic heterocycles. The van der Waals surface area contributed by atoms with Crippen molar-refractivity contribution in [3.05, 3.63) is 11.8 Å². The molecule has 5 nitrogen and oxygen atoms in total. The van der Waals surface area contributed by atoms with Crippen molar-refractivity contribution in [1.29, 1.82) is 0 Å². The summed E-state index contributed by atoms with van der Waals surface area (Å²) in [6.07, 6.45) is 0.455. The highest BCUT2D eigenvalue weighted by molar-refractivity contribution is 5.74. The van der Waals surface area contributed by atoms with Crippen molar-refractivity contribution in [2.75, 3.05) is 0 Å². The first-order chi connectivity index (χ1) is 5.65. The number of nitrogens with zero attached hydrogens (tertiary/aromatic N) is 2. The SMILES string of the molecule is CCC(C(=O)O)c1nnc(C)o1. The van der Waals surface area contributed by atoms with Gasteiger partial charge in [-0.1, -0.05) is 6.92 Å². The van der Waals surface area contributed by atoms with Gasteiger partial charge in [0, 0.05) is 6.92 Å². The summed E-state index contributed by atoms with van der Waals surface area (Å²) < 4.78 is 4.99.